The van der Waals surface area contributed by atoms with E-state index < -0.39 is 0 Å². The minimum atomic E-state index is 0.721. The maximum atomic E-state index is 3.77. The molecule has 0 saturated carbocycles. The summed E-state index contributed by atoms with van der Waals surface area (Å²) in [6.45, 7) is 3.23. The fourth-order valence-corrected chi connectivity index (χ4v) is 3.64. The average Bonchev–Trinajstić information content (AvgIpc) is 2.62. The molecule has 1 aromatic rings. The SMILES string of the molecule is Cc1ccccc1CNC1CC2CCC(C1)N2C. The zero-order chi connectivity index (χ0) is 12.5. The van der Waals surface area contributed by atoms with Crippen LogP contribution in [0.2, 0.25) is 0 Å². The van der Waals surface area contributed by atoms with Crippen molar-refractivity contribution in [3.05, 3.63) is 35.4 Å². The van der Waals surface area contributed by atoms with Gasteiger partial charge in [0.15, 0.2) is 0 Å². The Morgan fingerprint density at radius 2 is 1.83 bits per heavy atom. The summed E-state index contributed by atoms with van der Waals surface area (Å²) in [6.07, 6.45) is 5.48. The van der Waals surface area contributed by atoms with Gasteiger partial charge in [-0.25, -0.2) is 0 Å². The van der Waals surface area contributed by atoms with Crippen molar-refractivity contribution < 1.29 is 0 Å². The van der Waals surface area contributed by atoms with Gasteiger partial charge in [-0.05, 0) is 50.8 Å². The number of nitrogens with one attached hydrogen (secondary N) is 1. The smallest absolute Gasteiger partial charge is 0.0210 e. The van der Waals surface area contributed by atoms with Crippen molar-refractivity contribution in [2.75, 3.05) is 7.05 Å². The molecule has 2 heterocycles. The molecule has 0 spiro atoms. The van der Waals surface area contributed by atoms with Gasteiger partial charge in [0, 0.05) is 24.7 Å². The third-order valence-corrected chi connectivity index (χ3v) is 4.94. The number of hydrogen-bond donors (Lipinski definition) is 1. The highest BCUT2D eigenvalue weighted by Crippen LogP contribution is 2.34. The largest absolute Gasteiger partial charge is 0.310 e. The molecule has 1 aromatic carbocycles. The molecule has 18 heavy (non-hydrogen) atoms. The lowest BCUT2D eigenvalue weighted by molar-refractivity contribution is 0.148. The van der Waals surface area contributed by atoms with E-state index in [1.165, 1.54) is 36.8 Å². The van der Waals surface area contributed by atoms with Crippen LogP contribution < -0.4 is 5.32 Å². The van der Waals surface area contributed by atoms with Crippen LogP contribution in [0.25, 0.3) is 0 Å². The summed E-state index contributed by atoms with van der Waals surface area (Å²) in [7, 11) is 2.31. The third-order valence-electron chi connectivity index (χ3n) is 4.94. The molecule has 2 aliphatic rings. The van der Waals surface area contributed by atoms with Crippen LogP contribution in [-0.4, -0.2) is 30.1 Å². The second-order valence-corrected chi connectivity index (χ2v) is 6.03. The molecule has 1 N–H and O–H groups in total. The number of aryl methyl sites for hydroxylation is 1. The minimum absolute atomic E-state index is 0.721. The fraction of sp³-hybridized carbons (Fsp3) is 0.625. The number of fused-ring (bicyclic) bond motifs is 2. The molecular weight excluding hydrogens is 220 g/mol. The minimum Gasteiger partial charge on any atom is -0.310 e. The summed E-state index contributed by atoms with van der Waals surface area (Å²) in [5, 5.41) is 3.77. The second kappa shape index (κ2) is 5.02. The van der Waals surface area contributed by atoms with Gasteiger partial charge in [-0.3, -0.25) is 0 Å². The van der Waals surface area contributed by atoms with Crippen molar-refractivity contribution >= 4 is 0 Å². The van der Waals surface area contributed by atoms with E-state index >= 15 is 0 Å². The normalized spacial score (nSPS) is 31.8. The maximum absolute atomic E-state index is 3.77. The zero-order valence-corrected chi connectivity index (χ0v) is 11.5. The predicted octanol–water partition coefficient (Wildman–Crippen LogP) is 2.71. The summed E-state index contributed by atoms with van der Waals surface area (Å²) >= 11 is 0. The van der Waals surface area contributed by atoms with Crippen LogP contribution in [0.1, 0.15) is 36.8 Å². The summed E-state index contributed by atoms with van der Waals surface area (Å²) in [6, 6.07) is 11.1. The Balaban J connectivity index is 1.57. The van der Waals surface area contributed by atoms with Gasteiger partial charge in [0.2, 0.25) is 0 Å². The first-order valence-electron chi connectivity index (χ1n) is 7.24. The fourth-order valence-electron chi connectivity index (χ4n) is 3.64. The predicted molar refractivity (Wildman–Crippen MR) is 75.6 cm³/mol. The molecular formula is C16H24N2. The molecule has 0 aromatic heterocycles. The lowest BCUT2D eigenvalue weighted by Gasteiger charge is -2.36. The number of benzene rings is 1. The number of piperidine rings is 1. The Morgan fingerprint density at radius 1 is 1.17 bits per heavy atom. The Labute approximate surface area is 110 Å². The van der Waals surface area contributed by atoms with E-state index in [0.717, 1.165) is 24.7 Å². The molecule has 0 radical (unpaired) electrons. The van der Waals surface area contributed by atoms with Crippen molar-refractivity contribution in [2.24, 2.45) is 0 Å². The summed E-state index contributed by atoms with van der Waals surface area (Å²) < 4.78 is 0. The highest BCUT2D eigenvalue weighted by molar-refractivity contribution is 5.25. The second-order valence-electron chi connectivity index (χ2n) is 6.03. The number of hydrogen-bond acceptors (Lipinski definition) is 2. The van der Waals surface area contributed by atoms with E-state index in [4.69, 9.17) is 0 Å². The first kappa shape index (κ1) is 12.2. The van der Waals surface area contributed by atoms with Crippen LogP contribution >= 0.6 is 0 Å². The van der Waals surface area contributed by atoms with Gasteiger partial charge < -0.3 is 10.2 Å². The highest BCUT2D eigenvalue weighted by atomic mass is 15.2. The summed E-state index contributed by atoms with van der Waals surface area (Å²) in [5.74, 6) is 0. The van der Waals surface area contributed by atoms with E-state index in [0.29, 0.717) is 0 Å². The van der Waals surface area contributed by atoms with Crippen molar-refractivity contribution in [1.82, 2.24) is 10.2 Å². The quantitative estimate of drug-likeness (QED) is 0.879. The Morgan fingerprint density at radius 3 is 2.50 bits per heavy atom. The van der Waals surface area contributed by atoms with Crippen LogP contribution in [0, 0.1) is 6.92 Å². The third kappa shape index (κ3) is 2.32. The van der Waals surface area contributed by atoms with Gasteiger partial charge >= 0.3 is 0 Å². The van der Waals surface area contributed by atoms with Crippen molar-refractivity contribution in [1.29, 1.82) is 0 Å². The molecule has 0 aliphatic carbocycles. The summed E-state index contributed by atoms with van der Waals surface area (Å²) in [5.41, 5.74) is 2.85. The van der Waals surface area contributed by atoms with Gasteiger partial charge in [0.1, 0.15) is 0 Å². The van der Waals surface area contributed by atoms with Crippen molar-refractivity contribution in [3.63, 3.8) is 0 Å². The van der Waals surface area contributed by atoms with Gasteiger partial charge in [-0.15, -0.1) is 0 Å². The van der Waals surface area contributed by atoms with Crippen LogP contribution in [0.3, 0.4) is 0 Å². The molecule has 3 rings (SSSR count). The van der Waals surface area contributed by atoms with Crippen LogP contribution in [0.5, 0.6) is 0 Å². The standard InChI is InChI=1S/C16H24N2/c1-12-5-3-4-6-13(12)11-17-14-9-15-7-8-16(10-14)18(15)2/h3-6,14-17H,7-11H2,1-2H3. The van der Waals surface area contributed by atoms with Gasteiger partial charge in [-0.1, -0.05) is 24.3 Å². The first-order chi connectivity index (χ1) is 8.74. The monoisotopic (exact) mass is 244 g/mol. The van der Waals surface area contributed by atoms with Crippen molar-refractivity contribution in [3.8, 4) is 0 Å². The number of rotatable bonds is 3. The lowest BCUT2D eigenvalue weighted by atomic mass is 9.97. The van der Waals surface area contributed by atoms with Crippen molar-refractivity contribution in [2.45, 2.75) is 57.3 Å². The van der Waals surface area contributed by atoms with E-state index in [1.54, 1.807) is 0 Å². The molecule has 2 unspecified atom stereocenters. The van der Waals surface area contributed by atoms with Gasteiger partial charge in [-0.2, -0.15) is 0 Å². The van der Waals surface area contributed by atoms with E-state index in [1.807, 2.05) is 0 Å². The van der Waals surface area contributed by atoms with Crippen LogP contribution in [0.15, 0.2) is 24.3 Å². The molecule has 2 nitrogen and oxygen atoms in total. The molecule has 0 amide bonds. The molecule has 98 valence electrons. The Bertz CT molecular complexity index is 401. The summed E-state index contributed by atoms with van der Waals surface area (Å²) in [4.78, 5) is 2.60. The maximum Gasteiger partial charge on any atom is 0.0210 e. The highest BCUT2D eigenvalue weighted by Gasteiger charge is 2.37. The molecule has 2 saturated heterocycles. The van der Waals surface area contributed by atoms with Gasteiger partial charge in [0.25, 0.3) is 0 Å². The van der Waals surface area contributed by atoms with E-state index in [-0.39, 0.29) is 0 Å². The number of nitrogens with zero attached hydrogens (tertiary/aromatic N) is 1. The molecule has 2 aliphatic heterocycles. The molecule has 2 bridgehead atoms. The first-order valence-corrected chi connectivity index (χ1v) is 7.24. The van der Waals surface area contributed by atoms with Crippen LogP contribution in [0.4, 0.5) is 0 Å². The lowest BCUT2D eigenvalue weighted by Crippen LogP contribution is -2.47. The molecule has 2 fully saturated rings. The van der Waals surface area contributed by atoms with E-state index in [9.17, 15) is 0 Å². The van der Waals surface area contributed by atoms with E-state index in [2.05, 4.69) is 48.5 Å². The molecule has 2 heteroatoms. The Kier molecular flexibility index (Phi) is 3.40. The average molecular weight is 244 g/mol. The van der Waals surface area contributed by atoms with Gasteiger partial charge in [0.05, 0.1) is 0 Å². The Hall–Kier alpha value is -0.860. The topological polar surface area (TPSA) is 15.3 Å². The molecule has 2 atom stereocenters. The zero-order valence-electron chi connectivity index (χ0n) is 11.5. The van der Waals surface area contributed by atoms with Crippen LogP contribution in [-0.2, 0) is 6.54 Å².